The molecule has 3 aromatic rings. The van der Waals surface area contributed by atoms with Gasteiger partial charge in [-0.15, -0.1) is 11.3 Å². The molecule has 1 atom stereocenters. The van der Waals surface area contributed by atoms with Gasteiger partial charge in [-0.2, -0.15) is 5.10 Å². The van der Waals surface area contributed by atoms with Crippen molar-refractivity contribution >= 4 is 34.2 Å². The van der Waals surface area contributed by atoms with Gasteiger partial charge >= 0.3 is 0 Å². The van der Waals surface area contributed by atoms with Gasteiger partial charge in [0.05, 0.1) is 23.5 Å². The number of H-pyrrole nitrogens is 1. The molecule has 1 aliphatic carbocycles. The highest BCUT2D eigenvalue weighted by Crippen LogP contribution is 2.42. The second-order valence-electron chi connectivity index (χ2n) is 10.0. The third-order valence-corrected chi connectivity index (χ3v) is 7.57. The predicted octanol–water partition coefficient (Wildman–Crippen LogP) is 1.70. The highest BCUT2D eigenvalue weighted by molar-refractivity contribution is 7.14. The Bertz CT molecular complexity index is 1300. The highest BCUT2D eigenvalue weighted by Gasteiger charge is 2.38. The van der Waals surface area contributed by atoms with Gasteiger partial charge in [0.25, 0.3) is 5.91 Å². The van der Waals surface area contributed by atoms with Crippen molar-refractivity contribution in [3.8, 4) is 11.4 Å². The third kappa shape index (κ3) is 4.39. The average Bonchev–Trinajstić information content (AvgIpc) is 3.54. The molecule has 4 N–H and O–H groups in total. The van der Waals surface area contributed by atoms with Crippen molar-refractivity contribution in [3.63, 3.8) is 0 Å². The molecule has 184 valence electrons. The van der Waals surface area contributed by atoms with Crippen molar-refractivity contribution in [1.29, 1.82) is 0 Å². The molecule has 1 aliphatic heterocycles. The Morgan fingerprint density at radius 2 is 2.14 bits per heavy atom. The van der Waals surface area contributed by atoms with Crippen LogP contribution >= 0.6 is 11.3 Å². The molecular weight excluding hydrogens is 466 g/mol. The van der Waals surface area contributed by atoms with Gasteiger partial charge in [-0.05, 0) is 37.9 Å². The smallest absolute Gasteiger partial charge is 0.278 e. The number of nitrogens with two attached hydrogens (primary N) is 1. The lowest BCUT2D eigenvalue weighted by Crippen LogP contribution is -2.35. The predicted molar refractivity (Wildman–Crippen MR) is 133 cm³/mol. The Kier molecular flexibility index (Phi) is 5.80. The molecular formula is C23H29N9O2S. The minimum Gasteiger partial charge on any atom is -0.368 e. The Morgan fingerprint density at radius 3 is 2.89 bits per heavy atom. The van der Waals surface area contributed by atoms with E-state index in [9.17, 15) is 9.59 Å². The molecule has 1 fully saturated rings. The SMILES string of the molecule is CN(C)[C@@H]1CCN(C(=O)Cc2csc(NC(=O)c3n[nH]c4c3C(C)(C)Cc3cnc(N)nc3-4)n2)C1. The number of nitrogen functional groups attached to an aromatic ring is 1. The van der Waals surface area contributed by atoms with Crippen molar-refractivity contribution in [1.82, 2.24) is 34.9 Å². The topological polar surface area (TPSA) is 146 Å². The summed E-state index contributed by atoms with van der Waals surface area (Å²) in [6, 6.07) is 0.392. The summed E-state index contributed by atoms with van der Waals surface area (Å²) in [6.45, 7) is 5.61. The van der Waals surface area contributed by atoms with Crippen LogP contribution in [0, 0.1) is 0 Å². The van der Waals surface area contributed by atoms with E-state index in [4.69, 9.17) is 5.73 Å². The van der Waals surface area contributed by atoms with Crippen molar-refractivity contribution in [3.05, 3.63) is 34.1 Å². The normalized spacial score (nSPS) is 18.4. The summed E-state index contributed by atoms with van der Waals surface area (Å²) in [5.41, 5.74) is 9.49. The summed E-state index contributed by atoms with van der Waals surface area (Å²) in [6.07, 6.45) is 3.58. The van der Waals surface area contributed by atoms with E-state index in [1.165, 1.54) is 11.3 Å². The summed E-state index contributed by atoms with van der Waals surface area (Å²) < 4.78 is 0. The van der Waals surface area contributed by atoms with Crippen LogP contribution in [0.3, 0.4) is 0 Å². The first kappa shape index (κ1) is 23.4. The van der Waals surface area contributed by atoms with Crippen molar-refractivity contribution in [2.75, 3.05) is 38.2 Å². The van der Waals surface area contributed by atoms with Crippen LogP contribution in [-0.4, -0.2) is 80.0 Å². The number of fused-ring (bicyclic) bond motifs is 3. The number of thiazole rings is 1. The van der Waals surface area contributed by atoms with Crippen LogP contribution in [-0.2, 0) is 23.1 Å². The van der Waals surface area contributed by atoms with Gasteiger partial charge in [0.2, 0.25) is 11.9 Å². The summed E-state index contributed by atoms with van der Waals surface area (Å²) in [4.78, 5) is 42.9. The van der Waals surface area contributed by atoms with E-state index in [0.29, 0.717) is 40.4 Å². The molecule has 2 aliphatic rings. The van der Waals surface area contributed by atoms with Crippen LogP contribution in [0.5, 0.6) is 0 Å². The molecule has 35 heavy (non-hydrogen) atoms. The number of nitrogens with zero attached hydrogens (tertiary/aromatic N) is 6. The number of rotatable bonds is 5. The molecule has 1 saturated heterocycles. The molecule has 4 heterocycles. The zero-order chi connectivity index (χ0) is 24.9. The van der Waals surface area contributed by atoms with E-state index in [1.54, 1.807) is 6.20 Å². The average molecular weight is 496 g/mol. The van der Waals surface area contributed by atoms with E-state index in [1.807, 2.05) is 24.4 Å². The summed E-state index contributed by atoms with van der Waals surface area (Å²) >= 11 is 1.30. The van der Waals surface area contributed by atoms with Crippen LogP contribution in [0.1, 0.15) is 47.6 Å². The molecule has 0 unspecified atom stereocenters. The molecule has 0 aromatic carbocycles. The number of carbonyl (C=O) groups excluding carboxylic acids is 2. The Morgan fingerprint density at radius 1 is 1.34 bits per heavy atom. The maximum Gasteiger partial charge on any atom is 0.278 e. The Balaban J connectivity index is 1.30. The van der Waals surface area contributed by atoms with E-state index in [2.05, 4.69) is 49.2 Å². The second kappa shape index (κ2) is 8.68. The first-order valence-corrected chi connectivity index (χ1v) is 12.4. The van der Waals surface area contributed by atoms with Crippen molar-refractivity contribution in [2.45, 2.75) is 44.6 Å². The van der Waals surface area contributed by atoms with Crippen LogP contribution in [0.15, 0.2) is 11.6 Å². The Labute approximate surface area is 207 Å². The molecule has 11 nitrogen and oxygen atoms in total. The highest BCUT2D eigenvalue weighted by atomic mass is 32.1. The maximum atomic E-state index is 13.2. The van der Waals surface area contributed by atoms with E-state index in [0.717, 1.165) is 30.6 Å². The monoisotopic (exact) mass is 495 g/mol. The van der Waals surface area contributed by atoms with Gasteiger partial charge in [-0.25, -0.2) is 15.0 Å². The number of likely N-dealkylation sites (tertiary alicyclic amines) is 1. The fourth-order valence-electron chi connectivity index (χ4n) is 4.93. The molecule has 0 saturated carbocycles. The number of hydrogen-bond donors (Lipinski definition) is 3. The van der Waals surface area contributed by atoms with Crippen molar-refractivity contribution < 1.29 is 9.59 Å². The minimum atomic E-state index is -0.360. The van der Waals surface area contributed by atoms with Gasteiger partial charge in [0.15, 0.2) is 10.8 Å². The molecule has 0 radical (unpaired) electrons. The van der Waals surface area contributed by atoms with Gasteiger partial charge < -0.3 is 15.5 Å². The van der Waals surface area contributed by atoms with Crippen LogP contribution in [0.4, 0.5) is 11.1 Å². The lowest BCUT2D eigenvalue weighted by molar-refractivity contribution is -0.129. The zero-order valence-electron chi connectivity index (χ0n) is 20.3. The number of anilines is 2. The molecule has 5 rings (SSSR count). The zero-order valence-corrected chi connectivity index (χ0v) is 21.1. The second-order valence-corrected chi connectivity index (χ2v) is 10.9. The lowest BCUT2D eigenvalue weighted by atomic mass is 9.73. The molecule has 2 amide bonds. The molecule has 0 spiro atoms. The fraction of sp³-hybridized carbons (Fsp3) is 0.478. The maximum absolute atomic E-state index is 13.2. The van der Waals surface area contributed by atoms with E-state index in [-0.39, 0.29) is 29.6 Å². The van der Waals surface area contributed by atoms with Gasteiger partial charge in [0, 0.05) is 36.3 Å². The van der Waals surface area contributed by atoms with Gasteiger partial charge in [-0.1, -0.05) is 13.8 Å². The fourth-order valence-corrected chi connectivity index (χ4v) is 5.63. The number of aromatic amines is 1. The van der Waals surface area contributed by atoms with Crippen LogP contribution in [0.25, 0.3) is 11.4 Å². The first-order valence-electron chi connectivity index (χ1n) is 11.5. The van der Waals surface area contributed by atoms with Gasteiger partial charge in [0.1, 0.15) is 0 Å². The number of hydrogen-bond acceptors (Lipinski definition) is 9. The molecule has 3 aromatic heterocycles. The number of nitrogens with one attached hydrogen (secondary N) is 2. The number of carbonyl (C=O) groups is 2. The van der Waals surface area contributed by atoms with Crippen LogP contribution < -0.4 is 11.1 Å². The standard InChI is InChI=1S/C23H29N9O2S/c1-23(2)8-12-9-25-21(24)27-17(12)18-16(23)19(30-29-18)20(34)28-22-26-13(11-35-22)7-15(33)32-6-5-14(10-32)31(3)4/h9,11,14H,5-8,10H2,1-4H3,(H,29,30)(H2,24,25,27)(H,26,28,34)/t14-/m1/s1. The van der Waals surface area contributed by atoms with E-state index >= 15 is 0 Å². The molecule has 12 heteroatoms. The number of amides is 2. The molecule has 0 bridgehead atoms. The summed E-state index contributed by atoms with van der Waals surface area (Å²) in [5, 5.41) is 12.4. The Hall–Kier alpha value is -3.38. The van der Waals surface area contributed by atoms with Crippen molar-refractivity contribution in [2.24, 2.45) is 0 Å². The third-order valence-electron chi connectivity index (χ3n) is 6.76. The van der Waals surface area contributed by atoms with Crippen LogP contribution in [0.2, 0.25) is 0 Å². The summed E-state index contributed by atoms with van der Waals surface area (Å²) in [7, 11) is 4.07. The van der Waals surface area contributed by atoms with Gasteiger partial charge in [-0.3, -0.25) is 20.0 Å². The largest absolute Gasteiger partial charge is 0.368 e. The lowest BCUT2D eigenvalue weighted by Gasteiger charge is -2.31. The number of likely N-dealkylation sites (N-methyl/N-ethyl adjacent to an activating group) is 1. The summed E-state index contributed by atoms with van der Waals surface area (Å²) in [5.74, 6) is -0.131. The number of aromatic nitrogens is 5. The van der Waals surface area contributed by atoms with E-state index < -0.39 is 0 Å². The quantitative estimate of drug-likeness (QED) is 0.485. The minimum absolute atomic E-state index is 0.0561. The first-order chi connectivity index (χ1) is 16.6.